The number of hydrogen-bond acceptors (Lipinski definition) is 6. The molecule has 3 rings (SSSR count). The fourth-order valence-electron chi connectivity index (χ4n) is 2.97. The van der Waals surface area contributed by atoms with Gasteiger partial charge in [0.2, 0.25) is 0 Å². The van der Waals surface area contributed by atoms with Gasteiger partial charge in [-0.3, -0.25) is 9.63 Å². The number of nitrogens with zero attached hydrogens (tertiary/aromatic N) is 2. The topological polar surface area (TPSA) is 85.4 Å². The van der Waals surface area contributed by atoms with Crippen molar-refractivity contribution in [3.8, 4) is 11.5 Å². The van der Waals surface area contributed by atoms with Gasteiger partial charge in [-0.2, -0.15) is 0 Å². The van der Waals surface area contributed by atoms with Crippen LogP contribution in [0.5, 0.6) is 11.5 Å². The van der Waals surface area contributed by atoms with E-state index in [4.69, 9.17) is 14.3 Å². The predicted octanol–water partition coefficient (Wildman–Crippen LogP) is 2.17. The molecule has 2 aromatic carbocycles. The second kappa shape index (κ2) is 8.81. The van der Waals surface area contributed by atoms with E-state index in [1.807, 2.05) is 31.2 Å². The highest BCUT2D eigenvalue weighted by atomic mass is 32.2. The molecule has 0 unspecified atom stereocenters. The SMILES string of the molecule is CCN(C[C@H]1COc2ccccc2O1)C(=O)c1cccc(S(=O)(=O)N(C)OC)c1. The fraction of sp³-hybridized carbons (Fsp3) is 0.350. The molecule has 1 aliphatic rings. The van der Waals surface area contributed by atoms with Gasteiger partial charge in [-0.25, -0.2) is 8.42 Å². The van der Waals surface area contributed by atoms with E-state index >= 15 is 0 Å². The van der Waals surface area contributed by atoms with Gasteiger partial charge >= 0.3 is 0 Å². The lowest BCUT2D eigenvalue weighted by Gasteiger charge is -2.31. The second-order valence-electron chi connectivity index (χ2n) is 6.47. The molecule has 8 nitrogen and oxygen atoms in total. The van der Waals surface area contributed by atoms with Gasteiger partial charge < -0.3 is 14.4 Å². The number of fused-ring (bicyclic) bond motifs is 1. The summed E-state index contributed by atoms with van der Waals surface area (Å²) in [7, 11) is -1.29. The van der Waals surface area contributed by atoms with E-state index in [9.17, 15) is 13.2 Å². The Kier molecular flexibility index (Phi) is 6.41. The summed E-state index contributed by atoms with van der Waals surface area (Å²) in [6.07, 6.45) is -0.319. The zero-order valence-electron chi connectivity index (χ0n) is 16.6. The Morgan fingerprint density at radius 3 is 2.59 bits per heavy atom. The number of carbonyl (C=O) groups is 1. The van der Waals surface area contributed by atoms with Gasteiger partial charge in [0.05, 0.1) is 18.6 Å². The maximum absolute atomic E-state index is 13.0. The average Bonchev–Trinajstić information content (AvgIpc) is 2.76. The molecule has 1 heterocycles. The van der Waals surface area contributed by atoms with Gasteiger partial charge in [0.25, 0.3) is 15.9 Å². The Labute approximate surface area is 170 Å². The maximum Gasteiger partial charge on any atom is 0.264 e. The van der Waals surface area contributed by atoms with Crippen LogP contribution in [0.1, 0.15) is 17.3 Å². The number of carbonyl (C=O) groups excluding carboxylic acids is 1. The summed E-state index contributed by atoms with van der Waals surface area (Å²) in [5, 5.41) is 0. The number of amides is 1. The van der Waals surface area contributed by atoms with E-state index in [2.05, 4.69) is 0 Å². The average molecular weight is 420 g/mol. The van der Waals surface area contributed by atoms with Crippen molar-refractivity contribution in [2.75, 3.05) is 33.9 Å². The number of hydroxylamine groups is 1. The molecule has 0 bridgehead atoms. The van der Waals surface area contributed by atoms with Crippen LogP contribution >= 0.6 is 0 Å². The van der Waals surface area contributed by atoms with E-state index in [-0.39, 0.29) is 22.5 Å². The number of likely N-dealkylation sites (N-methyl/N-ethyl adjacent to an activating group) is 1. The van der Waals surface area contributed by atoms with Crippen LogP contribution < -0.4 is 9.47 Å². The Bertz CT molecular complexity index is 978. The van der Waals surface area contributed by atoms with Gasteiger partial charge in [0.15, 0.2) is 17.6 Å². The summed E-state index contributed by atoms with van der Waals surface area (Å²) in [4.78, 5) is 19.4. The van der Waals surface area contributed by atoms with E-state index in [1.54, 1.807) is 11.0 Å². The molecule has 0 fully saturated rings. The van der Waals surface area contributed by atoms with Crippen molar-refractivity contribution in [2.24, 2.45) is 0 Å². The smallest absolute Gasteiger partial charge is 0.264 e. The quantitative estimate of drug-likeness (QED) is 0.638. The first kappa shape index (κ1) is 21.1. The molecule has 156 valence electrons. The third-order valence-corrected chi connectivity index (χ3v) is 6.31. The highest BCUT2D eigenvalue weighted by Gasteiger charge is 2.27. The van der Waals surface area contributed by atoms with Crippen LogP contribution in [0.15, 0.2) is 53.4 Å². The molecule has 9 heteroatoms. The minimum Gasteiger partial charge on any atom is -0.486 e. The lowest BCUT2D eigenvalue weighted by molar-refractivity contribution is -0.0258. The first-order chi connectivity index (χ1) is 13.9. The van der Waals surface area contributed by atoms with Crippen molar-refractivity contribution in [2.45, 2.75) is 17.9 Å². The molecule has 0 radical (unpaired) electrons. The van der Waals surface area contributed by atoms with Crippen LogP contribution in [-0.4, -0.2) is 63.7 Å². The minimum absolute atomic E-state index is 0.0186. The van der Waals surface area contributed by atoms with Crippen LogP contribution in [0.3, 0.4) is 0 Å². The summed E-state index contributed by atoms with van der Waals surface area (Å²) in [5.41, 5.74) is 0.273. The van der Waals surface area contributed by atoms with E-state index in [1.165, 1.54) is 32.4 Å². The Morgan fingerprint density at radius 2 is 1.90 bits per heavy atom. The van der Waals surface area contributed by atoms with Crippen LogP contribution in [0.2, 0.25) is 0 Å². The molecule has 0 spiro atoms. The first-order valence-electron chi connectivity index (χ1n) is 9.17. The highest BCUT2D eigenvalue weighted by Crippen LogP contribution is 2.31. The predicted molar refractivity (Wildman–Crippen MR) is 106 cm³/mol. The zero-order chi connectivity index (χ0) is 21.0. The molecule has 1 aliphatic heterocycles. The van der Waals surface area contributed by atoms with Crippen molar-refractivity contribution in [1.29, 1.82) is 0 Å². The van der Waals surface area contributed by atoms with Crippen LogP contribution in [0.4, 0.5) is 0 Å². The molecule has 0 saturated carbocycles. The highest BCUT2D eigenvalue weighted by molar-refractivity contribution is 7.89. The van der Waals surface area contributed by atoms with Crippen molar-refractivity contribution >= 4 is 15.9 Å². The summed E-state index contributed by atoms with van der Waals surface area (Å²) < 4.78 is 37.3. The fourth-order valence-corrected chi connectivity index (χ4v) is 3.99. The Hall–Kier alpha value is -2.62. The van der Waals surface area contributed by atoms with Gasteiger partial charge in [-0.05, 0) is 37.3 Å². The molecule has 0 N–H and O–H groups in total. The summed E-state index contributed by atoms with van der Waals surface area (Å²) >= 11 is 0. The number of ether oxygens (including phenoxy) is 2. The van der Waals surface area contributed by atoms with E-state index in [0.717, 1.165) is 4.47 Å². The molecule has 2 aromatic rings. The van der Waals surface area contributed by atoms with Crippen molar-refractivity contribution in [3.63, 3.8) is 0 Å². The van der Waals surface area contributed by atoms with E-state index < -0.39 is 10.0 Å². The Balaban J connectivity index is 1.76. The molecular formula is C20H24N2O6S. The third-order valence-electron chi connectivity index (χ3n) is 4.63. The number of sulfonamides is 1. The van der Waals surface area contributed by atoms with Crippen molar-refractivity contribution in [3.05, 3.63) is 54.1 Å². The molecule has 1 atom stereocenters. The zero-order valence-corrected chi connectivity index (χ0v) is 17.4. The Morgan fingerprint density at radius 1 is 1.17 bits per heavy atom. The van der Waals surface area contributed by atoms with Crippen LogP contribution in [-0.2, 0) is 14.9 Å². The van der Waals surface area contributed by atoms with Gasteiger partial charge in [0, 0.05) is 19.2 Å². The minimum atomic E-state index is -3.84. The number of para-hydroxylation sites is 2. The molecular weight excluding hydrogens is 396 g/mol. The maximum atomic E-state index is 13.0. The number of hydrogen-bond donors (Lipinski definition) is 0. The number of benzene rings is 2. The van der Waals surface area contributed by atoms with Crippen molar-refractivity contribution in [1.82, 2.24) is 9.37 Å². The van der Waals surface area contributed by atoms with Gasteiger partial charge in [-0.15, -0.1) is 0 Å². The van der Waals surface area contributed by atoms with Crippen LogP contribution in [0.25, 0.3) is 0 Å². The molecule has 0 saturated heterocycles. The van der Waals surface area contributed by atoms with Crippen LogP contribution in [0, 0.1) is 0 Å². The van der Waals surface area contributed by atoms with E-state index in [0.29, 0.717) is 31.2 Å². The standard InChI is InChI=1S/C20H24N2O6S/c1-4-22(13-16-14-27-18-10-5-6-11-19(18)28-16)20(23)15-8-7-9-17(12-15)29(24,25)21(2)26-3/h5-12,16H,4,13-14H2,1-3H3/t16-/m0/s1. The second-order valence-corrected chi connectivity index (χ2v) is 8.40. The monoisotopic (exact) mass is 420 g/mol. The van der Waals surface area contributed by atoms with Gasteiger partial charge in [-0.1, -0.05) is 22.7 Å². The lowest BCUT2D eigenvalue weighted by atomic mass is 10.2. The molecule has 1 amide bonds. The largest absolute Gasteiger partial charge is 0.486 e. The summed E-state index contributed by atoms with van der Waals surface area (Å²) in [5.74, 6) is 1.04. The molecule has 0 aliphatic carbocycles. The van der Waals surface area contributed by atoms with Crippen molar-refractivity contribution < 1.29 is 27.5 Å². The normalized spacial score (nSPS) is 15.9. The van der Waals surface area contributed by atoms with Gasteiger partial charge in [0.1, 0.15) is 6.61 Å². The third kappa shape index (κ3) is 4.52. The number of rotatable bonds is 7. The molecule has 29 heavy (non-hydrogen) atoms. The summed E-state index contributed by atoms with van der Waals surface area (Å²) in [6.45, 7) is 2.94. The summed E-state index contributed by atoms with van der Waals surface area (Å²) in [6, 6.07) is 13.3. The molecule has 0 aromatic heterocycles. The lowest BCUT2D eigenvalue weighted by Crippen LogP contribution is -2.43. The first-order valence-corrected chi connectivity index (χ1v) is 10.6.